The second-order valence-corrected chi connectivity index (χ2v) is 10.4. The fourth-order valence-electron chi connectivity index (χ4n) is 4.95. The number of aromatic nitrogens is 3. The summed E-state index contributed by atoms with van der Waals surface area (Å²) in [6.45, 7) is 7.19. The number of carbonyl (C=O) groups excluding carboxylic acids is 1. The van der Waals surface area contributed by atoms with E-state index in [1.54, 1.807) is 11.3 Å². The normalized spacial score (nSPS) is 20.9. The molecule has 9 heteroatoms. The van der Waals surface area contributed by atoms with Crippen LogP contribution < -0.4 is 10.6 Å². The van der Waals surface area contributed by atoms with Gasteiger partial charge < -0.3 is 25.4 Å². The average Bonchev–Trinajstić information content (AvgIpc) is 3.52. The number of H-pyrrole nitrogens is 1. The Morgan fingerprint density at radius 3 is 2.97 bits per heavy atom. The van der Waals surface area contributed by atoms with Gasteiger partial charge in [0, 0.05) is 61.2 Å². The van der Waals surface area contributed by atoms with Crippen LogP contribution in [-0.4, -0.2) is 69.0 Å². The highest BCUT2D eigenvalue weighted by Crippen LogP contribution is 2.31. The number of rotatable bonds is 3. The van der Waals surface area contributed by atoms with E-state index in [1.165, 1.54) is 5.57 Å². The molecular weight excluding hydrogens is 458 g/mol. The van der Waals surface area contributed by atoms with Crippen molar-refractivity contribution in [2.45, 2.75) is 32.4 Å². The van der Waals surface area contributed by atoms with E-state index in [9.17, 15) is 4.79 Å². The molecule has 35 heavy (non-hydrogen) atoms. The molecule has 3 N–H and O–H groups in total. The van der Waals surface area contributed by atoms with E-state index in [0.717, 1.165) is 64.4 Å². The lowest BCUT2D eigenvalue weighted by Crippen LogP contribution is -2.59. The Balaban J connectivity index is 1.20. The molecule has 8 nitrogen and oxygen atoms in total. The molecule has 0 bridgehead atoms. The van der Waals surface area contributed by atoms with Crippen molar-refractivity contribution in [1.82, 2.24) is 30.1 Å². The second kappa shape index (κ2) is 8.98. The minimum absolute atomic E-state index is 0.142. The number of fused-ring (bicyclic) bond motifs is 2. The van der Waals surface area contributed by atoms with Gasteiger partial charge in [-0.3, -0.25) is 0 Å². The number of aromatic amines is 1. The topological polar surface area (TPSA) is 89.2 Å². The standard InChI is InChI=1S/C26H29N7OS/c1-16-14-33(17(2)13-28-16)26(34)32-9-6-18(7-10-32)23-12-20-21(5-8-27-25(20)31-23)30-19-3-4-22-24(11-19)35-15-29-22/h3-6,8,11-12,15-17,28H,7,9-10,13-14H2,1-2H3,(H2,27,30,31)/t16-,17-/m0/s1. The first kappa shape index (κ1) is 22.1. The lowest BCUT2D eigenvalue weighted by Gasteiger charge is -2.41. The molecule has 0 unspecified atom stereocenters. The van der Waals surface area contributed by atoms with Crippen LogP contribution in [0.1, 0.15) is 26.0 Å². The fraction of sp³-hybridized carbons (Fsp3) is 0.346. The molecule has 5 heterocycles. The summed E-state index contributed by atoms with van der Waals surface area (Å²) in [5.41, 5.74) is 8.07. The quantitative estimate of drug-likeness (QED) is 0.386. The van der Waals surface area contributed by atoms with Crippen molar-refractivity contribution in [3.05, 3.63) is 53.8 Å². The Kier molecular flexibility index (Phi) is 5.66. The number of hydrogen-bond donors (Lipinski definition) is 3. The third-order valence-corrected chi connectivity index (χ3v) is 7.77. The monoisotopic (exact) mass is 487 g/mol. The van der Waals surface area contributed by atoms with Gasteiger partial charge in [0.25, 0.3) is 0 Å². The average molecular weight is 488 g/mol. The smallest absolute Gasteiger partial charge is 0.320 e. The third-order valence-electron chi connectivity index (χ3n) is 6.98. The minimum atomic E-state index is 0.142. The third kappa shape index (κ3) is 4.26. The molecule has 0 saturated carbocycles. The van der Waals surface area contributed by atoms with Crippen LogP contribution in [0.4, 0.5) is 16.2 Å². The maximum absolute atomic E-state index is 13.1. The number of hydrogen-bond acceptors (Lipinski definition) is 6. The van der Waals surface area contributed by atoms with E-state index in [-0.39, 0.29) is 12.1 Å². The molecule has 4 aromatic rings. The van der Waals surface area contributed by atoms with Crippen molar-refractivity contribution in [2.75, 3.05) is 31.5 Å². The van der Waals surface area contributed by atoms with Gasteiger partial charge in [0.15, 0.2) is 0 Å². The summed E-state index contributed by atoms with van der Waals surface area (Å²) in [6, 6.07) is 11.1. The Morgan fingerprint density at radius 2 is 2.11 bits per heavy atom. The number of nitrogens with one attached hydrogen (secondary N) is 3. The molecule has 2 amide bonds. The number of amides is 2. The first-order chi connectivity index (χ1) is 17.0. The Bertz CT molecular complexity index is 1420. The summed E-state index contributed by atoms with van der Waals surface area (Å²) in [6.07, 6.45) is 4.81. The van der Waals surface area contributed by atoms with Gasteiger partial charge in [0.2, 0.25) is 0 Å². The first-order valence-corrected chi connectivity index (χ1v) is 13.0. The second-order valence-electron chi connectivity index (χ2n) is 9.48. The number of thiazole rings is 1. The Morgan fingerprint density at radius 1 is 1.20 bits per heavy atom. The SMILES string of the molecule is C[C@H]1CN(C(=O)N2CC=C(c3cc4c(Nc5ccc6ncsc6c5)ccnc4[nH]3)CC2)[C@@H](C)CN1. The van der Waals surface area contributed by atoms with Gasteiger partial charge >= 0.3 is 6.03 Å². The van der Waals surface area contributed by atoms with Crippen LogP contribution in [-0.2, 0) is 0 Å². The van der Waals surface area contributed by atoms with Crippen LogP contribution in [0.25, 0.3) is 26.8 Å². The zero-order chi connectivity index (χ0) is 23.9. The molecule has 2 aliphatic rings. The summed E-state index contributed by atoms with van der Waals surface area (Å²) in [4.78, 5) is 29.5. The van der Waals surface area contributed by atoms with Crippen LogP contribution in [0.15, 0.2) is 48.1 Å². The highest BCUT2D eigenvalue weighted by Gasteiger charge is 2.30. The van der Waals surface area contributed by atoms with Gasteiger partial charge in [-0.2, -0.15) is 0 Å². The van der Waals surface area contributed by atoms with E-state index in [4.69, 9.17) is 0 Å². The van der Waals surface area contributed by atoms with E-state index < -0.39 is 0 Å². The van der Waals surface area contributed by atoms with Crippen molar-refractivity contribution in [3.8, 4) is 0 Å². The van der Waals surface area contributed by atoms with Crippen molar-refractivity contribution in [1.29, 1.82) is 0 Å². The molecule has 2 atom stereocenters. The largest absolute Gasteiger partial charge is 0.355 e. The van der Waals surface area contributed by atoms with Crippen LogP contribution in [0.5, 0.6) is 0 Å². The maximum Gasteiger partial charge on any atom is 0.320 e. The van der Waals surface area contributed by atoms with E-state index in [0.29, 0.717) is 12.6 Å². The van der Waals surface area contributed by atoms with Crippen LogP contribution in [0, 0.1) is 0 Å². The lowest BCUT2D eigenvalue weighted by atomic mass is 10.0. The zero-order valence-corrected chi connectivity index (χ0v) is 20.7. The van der Waals surface area contributed by atoms with Gasteiger partial charge in [0.1, 0.15) is 5.65 Å². The summed E-state index contributed by atoms with van der Waals surface area (Å²) in [5, 5.41) is 8.04. The van der Waals surface area contributed by atoms with Gasteiger partial charge in [-0.25, -0.2) is 14.8 Å². The van der Waals surface area contributed by atoms with Crippen LogP contribution in [0.3, 0.4) is 0 Å². The molecular formula is C26H29N7OS. The van der Waals surface area contributed by atoms with Crippen molar-refractivity contribution >= 4 is 55.6 Å². The van der Waals surface area contributed by atoms with Crippen molar-refractivity contribution in [2.24, 2.45) is 0 Å². The number of carbonyl (C=O) groups is 1. The predicted octanol–water partition coefficient (Wildman–Crippen LogP) is 4.81. The summed E-state index contributed by atoms with van der Waals surface area (Å²) < 4.78 is 1.16. The number of urea groups is 1. The summed E-state index contributed by atoms with van der Waals surface area (Å²) in [5.74, 6) is 0. The molecule has 6 rings (SSSR count). The number of anilines is 2. The molecule has 3 aromatic heterocycles. The highest BCUT2D eigenvalue weighted by atomic mass is 32.1. The molecule has 1 aromatic carbocycles. The number of nitrogens with zero attached hydrogens (tertiary/aromatic N) is 4. The fourth-order valence-corrected chi connectivity index (χ4v) is 5.67. The van der Waals surface area contributed by atoms with Gasteiger partial charge in [-0.05, 0) is 56.2 Å². The molecule has 0 radical (unpaired) electrons. The minimum Gasteiger partial charge on any atom is -0.355 e. The molecule has 0 spiro atoms. The van der Waals surface area contributed by atoms with Crippen molar-refractivity contribution < 1.29 is 4.79 Å². The molecule has 180 valence electrons. The van der Waals surface area contributed by atoms with E-state index in [1.807, 2.05) is 33.6 Å². The molecule has 1 fully saturated rings. The molecule has 1 saturated heterocycles. The highest BCUT2D eigenvalue weighted by molar-refractivity contribution is 7.16. The molecule has 0 aliphatic carbocycles. The van der Waals surface area contributed by atoms with Gasteiger partial charge in [-0.15, -0.1) is 11.3 Å². The molecule has 2 aliphatic heterocycles. The number of pyridine rings is 1. The van der Waals surface area contributed by atoms with Gasteiger partial charge in [-0.1, -0.05) is 6.08 Å². The van der Waals surface area contributed by atoms with Crippen LogP contribution in [0.2, 0.25) is 0 Å². The van der Waals surface area contributed by atoms with Gasteiger partial charge in [0.05, 0.1) is 21.4 Å². The zero-order valence-electron chi connectivity index (χ0n) is 19.9. The summed E-state index contributed by atoms with van der Waals surface area (Å²) in [7, 11) is 0. The lowest BCUT2D eigenvalue weighted by molar-refractivity contribution is 0.118. The number of piperazine rings is 1. The van der Waals surface area contributed by atoms with Crippen LogP contribution >= 0.6 is 11.3 Å². The first-order valence-electron chi connectivity index (χ1n) is 12.1. The van der Waals surface area contributed by atoms with E-state index >= 15 is 0 Å². The summed E-state index contributed by atoms with van der Waals surface area (Å²) >= 11 is 1.64. The number of benzene rings is 1. The predicted molar refractivity (Wildman–Crippen MR) is 142 cm³/mol. The Labute approximate surface area is 208 Å². The van der Waals surface area contributed by atoms with E-state index in [2.05, 4.69) is 63.7 Å². The maximum atomic E-state index is 13.1. The van der Waals surface area contributed by atoms with Crippen molar-refractivity contribution in [3.63, 3.8) is 0 Å². The Hall–Kier alpha value is -3.43.